The van der Waals surface area contributed by atoms with Crippen molar-refractivity contribution >= 4 is 28.2 Å². The number of carbonyl (C=O) groups is 2. The van der Waals surface area contributed by atoms with Crippen molar-refractivity contribution in [3.63, 3.8) is 0 Å². The summed E-state index contributed by atoms with van der Waals surface area (Å²) in [7, 11) is -1.16. The van der Waals surface area contributed by atoms with E-state index in [1.54, 1.807) is 0 Å². The lowest BCUT2D eigenvalue weighted by molar-refractivity contribution is -0.181. The molecule has 6 atom stereocenters. The van der Waals surface area contributed by atoms with Gasteiger partial charge in [-0.15, -0.1) is 0 Å². The van der Waals surface area contributed by atoms with Crippen molar-refractivity contribution in [3.05, 3.63) is 0 Å². The van der Waals surface area contributed by atoms with Crippen LogP contribution in [0.2, 0.25) is 0 Å². The summed E-state index contributed by atoms with van der Waals surface area (Å²) in [4.78, 5) is 24.5. The average molecular weight is 543 g/mol. The summed E-state index contributed by atoms with van der Waals surface area (Å²) in [5.74, 6) is -1.48. The third-order valence-electron chi connectivity index (χ3n) is 9.85. The minimum atomic E-state index is -0.886. The summed E-state index contributed by atoms with van der Waals surface area (Å²) in [5.41, 5.74) is -0.886. The van der Waals surface area contributed by atoms with Crippen molar-refractivity contribution < 1.29 is 28.8 Å². The Morgan fingerprint density at radius 2 is 1.17 bits per heavy atom. The summed E-state index contributed by atoms with van der Waals surface area (Å²) >= 11 is 0. The molecule has 8 heteroatoms. The first-order chi connectivity index (χ1) is 16.5. The lowest BCUT2D eigenvalue weighted by atomic mass is 9.54. The molecule has 0 aromatic heterocycles. The Kier molecular flexibility index (Phi) is 7.52. The summed E-state index contributed by atoms with van der Waals surface area (Å²) in [6, 6.07) is 0. The normalized spacial score (nSPS) is 38.2. The molecule has 6 rings (SSSR count). The van der Waals surface area contributed by atoms with Gasteiger partial charge < -0.3 is 19.3 Å². The summed E-state index contributed by atoms with van der Waals surface area (Å²) in [6.45, 7) is 18.3. The van der Waals surface area contributed by atoms with Crippen LogP contribution in [-0.2, 0) is 18.6 Å². The molecule has 0 aromatic carbocycles. The molecule has 0 amide bonds. The molecule has 6 fully saturated rings. The van der Waals surface area contributed by atoms with Gasteiger partial charge in [-0.05, 0) is 25.7 Å². The van der Waals surface area contributed by atoms with Crippen LogP contribution in [0.1, 0.15) is 113 Å². The highest BCUT2D eigenvalue weighted by atomic mass is 31.1. The first-order valence-electron chi connectivity index (χ1n) is 13.9. The molecule has 6 aliphatic heterocycles. The maximum atomic E-state index is 13.7. The average Bonchev–Trinajstić information content (AvgIpc) is 2.72. The van der Waals surface area contributed by atoms with E-state index in [-0.39, 0.29) is 51.1 Å². The van der Waals surface area contributed by atoms with Crippen LogP contribution in [0.4, 0.5) is 0 Å². The van der Waals surface area contributed by atoms with Crippen molar-refractivity contribution in [1.29, 1.82) is 0 Å². The van der Waals surface area contributed by atoms with Gasteiger partial charge in [-0.2, -0.15) is 0 Å². The van der Waals surface area contributed by atoms with Crippen LogP contribution in [0.15, 0.2) is 0 Å². The second kappa shape index (κ2) is 9.42. The summed E-state index contributed by atoms with van der Waals surface area (Å²) in [6.07, 6.45) is 6.92. The van der Waals surface area contributed by atoms with E-state index in [1.807, 2.05) is 0 Å². The molecule has 6 heterocycles. The van der Waals surface area contributed by atoms with Gasteiger partial charge in [-0.1, -0.05) is 81.1 Å². The highest BCUT2D eigenvalue weighted by Crippen LogP contribution is 2.83. The molecular formula is C28H48O6P2. The fourth-order valence-corrected chi connectivity index (χ4v) is 15.4. The fourth-order valence-electron chi connectivity index (χ4n) is 8.52. The molecule has 0 radical (unpaired) electrons. The van der Waals surface area contributed by atoms with Crippen LogP contribution < -0.4 is 0 Å². The van der Waals surface area contributed by atoms with E-state index in [2.05, 4.69) is 55.4 Å². The van der Waals surface area contributed by atoms with E-state index < -0.39 is 33.7 Å². The van der Waals surface area contributed by atoms with Crippen molar-refractivity contribution in [2.75, 3.05) is 0 Å². The lowest BCUT2D eigenvalue weighted by Crippen LogP contribution is -2.71. The van der Waals surface area contributed by atoms with Gasteiger partial charge in [-0.25, -0.2) is 0 Å². The maximum Gasteiger partial charge on any atom is 0.310 e. The largest absolute Gasteiger partial charge is 0.481 e. The number of aliphatic carboxylic acids is 2. The predicted molar refractivity (Wildman–Crippen MR) is 146 cm³/mol. The SMILES string of the molecule is CC1(C)CC(C(CCCCCCCC(=O)O)(C(=O)O)C2CC(C)(C)P3OC2C3(C)C)C2OP1C2(C)C. The Morgan fingerprint density at radius 3 is 1.53 bits per heavy atom. The van der Waals surface area contributed by atoms with Crippen LogP contribution in [-0.4, -0.2) is 55.0 Å². The molecule has 0 saturated carbocycles. The third-order valence-corrected chi connectivity index (χ3v) is 15.9. The van der Waals surface area contributed by atoms with E-state index in [9.17, 15) is 14.7 Å². The standard InChI is InChI=1S/C28H48O6P2/c1-24(2)16-18(21-26(5,6)35(24)33-21)28(23(31)32,15-13-11-9-10-12-14-20(29)30)19-17-25(3,4)36-27(7,8)22(19)34-36/h18-19,21-22H,9-17H2,1-8H3,(H,29,30)(H,31,32). The van der Waals surface area contributed by atoms with Gasteiger partial charge in [0.25, 0.3) is 0 Å². The highest BCUT2D eigenvalue weighted by Gasteiger charge is 2.74. The van der Waals surface area contributed by atoms with Crippen molar-refractivity contribution in [1.82, 2.24) is 0 Å². The molecule has 206 valence electrons. The van der Waals surface area contributed by atoms with Crippen LogP contribution in [0, 0.1) is 17.3 Å². The van der Waals surface area contributed by atoms with E-state index in [1.165, 1.54) is 0 Å². The zero-order valence-corrected chi connectivity index (χ0v) is 25.4. The molecule has 0 aromatic rings. The molecule has 6 nitrogen and oxygen atoms in total. The number of unbranched alkanes of at least 4 members (excludes halogenated alkanes) is 4. The Morgan fingerprint density at radius 1 is 0.750 bits per heavy atom. The van der Waals surface area contributed by atoms with Gasteiger partial charge in [-0.3, -0.25) is 9.59 Å². The first kappa shape index (κ1) is 28.7. The highest BCUT2D eigenvalue weighted by molar-refractivity contribution is 7.58. The zero-order valence-electron chi connectivity index (χ0n) is 23.6. The number of hydrogen-bond acceptors (Lipinski definition) is 4. The van der Waals surface area contributed by atoms with E-state index in [0.717, 1.165) is 38.5 Å². The first-order valence-corrected chi connectivity index (χ1v) is 16.4. The van der Waals surface area contributed by atoms with Crippen LogP contribution in [0.5, 0.6) is 0 Å². The third kappa shape index (κ3) is 4.39. The Labute approximate surface area is 220 Å². The van der Waals surface area contributed by atoms with Gasteiger partial charge in [0, 0.05) is 55.2 Å². The van der Waals surface area contributed by atoms with E-state index in [4.69, 9.17) is 14.2 Å². The monoisotopic (exact) mass is 542 g/mol. The minimum Gasteiger partial charge on any atom is -0.481 e. The van der Waals surface area contributed by atoms with E-state index >= 15 is 0 Å². The second-order valence-electron chi connectivity index (χ2n) is 14.2. The second-order valence-corrected chi connectivity index (χ2v) is 20.5. The fraction of sp³-hybridized carbons (Fsp3) is 0.929. The van der Waals surface area contributed by atoms with Crippen LogP contribution >= 0.6 is 16.3 Å². The summed E-state index contributed by atoms with van der Waals surface area (Å²) < 4.78 is 13.2. The minimum absolute atomic E-state index is 0.0113. The molecule has 6 unspecified atom stereocenters. The molecule has 6 saturated heterocycles. The van der Waals surface area contributed by atoms with Crippen molar-refractivity contribution in [2.45, 2.75) is 146 Å². The van der Waals surface area contributed by atoms with Gasteiger partial charge in [0.05, 0.1) is 17.6 Å². The Bertz CT molecular complexity index is 817. The van der Waals surface area contributed by atoms with Crippen molar-refractivity contribution in [3.8, 4) is 0 Å². The quantitative estimate of drug-likeness (QED) is 0.206. The molecular weight excluding hydrogens is 494 g/mol. The van der Waals surface area contributed by atoms with Crippen LogP contribution in [0.3, 0.4) is 0 Å². The zero-order chi connectivity index (χ0) is 26.9. The number of hydrogen-bond donors (Lipinski definition) is 2. The lowest BCUT2D eigenvalue weighted by Gasteiger charge is -2.72. The molecule has 2 N–H and O–H groups in total. The molecule has 0 spiro atoms. The molecule has 0 aliphatic carbocycles. The van der Waals surface area contributed by atoms with Gasteiger partial charge >= 0.3 is 11.9 Å². The number of carboxylic acid groups (broad SMARTS) is 2. The topological polar surface area (TPSA) is 93.1 Å². The smallest absolute Gasteiger partial charge is 0.310 e. The molecule has 4 bridgehead atoms. The van der Waals surface area contributed by atoms with Crippen LogP contribution in [0.25, 0.3) is 0 Å². The summed E-state index contributed by atoms with van der Waals surface area (Å²) in [5, 5.41) is 20.1. The van der Waals surface area contributed by atoms with Crippen molar-refractivity contribution in [2.24, 2.45) is 17.3 Å². The maximum absolute atomic E-state index is 13.7. The number of carboxylic acids is 2. The van der Waals surface area contributed by atoms with Gasteiger partial charge in [0.15, 0.2) is 0 Å². The Hall–Kier alpha value is -0.280. The predicted octanol–water partition coefficient (Wildman–Crippen LogP) is 7.62. The molecule has 6 aliphatic rings. The Balaban J connectivity index is 1.65. The number of rotatable bonds is 11. The van der Waals surface area contributed by atoms with E-state index in [0.29, 0.717) is 12.8 Å². The van der Waals surface area contributed by atoms with Gasteiger partial charge in [0.1, 0.15) is 0 Å². The van der Waals surface area contributed by atoms with Gasteiger partial charge in [0.2, 0.25) is 0 Å². The molecule has 36 heavy (non-hydrogen) atoms. The number of fused-ring (bicyclic) bond motifs is 4.